The van der Waals surface area contributed by atoms with Crippen molar-refractivity contribution in [3.63, 3.8) is 0 Å². The molecule has 0 spiro atoms. The summed E-state index contributed by atoms with van der Waals surface area (Å²) >= 11 is 0. The highest BCUT2D eigenvalue weighted by molar-refractivity contribution is 6.22. The lowest BCUT2D eigenvalue weighted by Gasteiger charge is -2.13. The van der Waals surface area contributed by atoms with Gasteiger partial charge in [-0.1, -0.05) is 0 Å². The first-order valence-electron chi connectivity index (χ1n) is 4.86. The maximum absolute atomic E-state index is 11.5. The second-order valence-electron chi connectivity index (χ2n) is 3.61. The van der Waals surface area contributed by atoms with Crippen molar-refractivity contribution in [3.05, 3.63) is 11.3 Å². The molecule has 8 heteroatoms. The first-order chi connectivity index (χ1) is 8.04. The molecule has 0 aromatic rings. The van der Waals surface area contributed by atoms with Crippen LogP contribution >= 0.6 is 0 Å². The van der Waals surface area contributed by atoms with Gasteiger partial charge in [-0.3, -0.25) is 15.5 Å². The van der Waals surface area contributed by atoms with E-state index in [1.807, 2.05) is 0 Å². The van der Waals surface area contributed by atoms with Gasteiger partial charge in [0.25, 0.3) is 5.91 Å². The number of aliphatic hydroxyl groups is 3. The Morgan fingerprint density at radius 1 is 1.53 bits per heavy atom. The fraction of sp³-hybridized carbons (Fsp3) is 0.444. The minimum Gasteiger partial charge on any atom is -0.486 e. The number of aliphatic hydroxyl groups excluding tert-OH is 3. The van der Waals surface area contributed by atoms with Crippen LogP contribution in [0.2, 0.25) is 0 Å². The van der Waals surface area contributed by atoms with Gasteiger partial charge in [0, 0.05) is 6.21 Å². The predicted molar refractivity (Wildman–Crippen MR) is 55.4 cm³/mol. The van der Waals surface area contributed by atoms with Gasteiger partial charge in [-0.2, -0.15) is 0 Å². The lowest BCUT2D eigenvalue weighted by atomic mass is 10.1. The summed E-state index contributed by atoms with van der Waals surface area (Å²) in [7, 11) is 0. The smallest absolute Gasteiger partial charge is 0.263 e. The van der Waals surface area contributed by atoms with Crippen LogP contribution in [0.4, 0.5) is 0 Å². The van der Waals surface area contributed by atoms with E-state index < -0.39 is 30.8 Å². The zero-order valence-electron chi connectivity index (χ0n) is 8.62. The quantitative estimate of drug-likeness (QED) is 0.323. The zero-order valence-corrected chi connectivity index (χ0v) is 8.62. The average molecular weight is 241 g/mol. The molecule has 2 aliphatic heterocycles. The molecular formula is C9H11N3O5. The van der Waals surface area contributed by atoms with E-state index in [1.165, 1.54) is 0 Å². The van der Waals surface area contributed by atoms with Crippen LogP contribution in [0.5, 0.6) is 0 Å². The molecule has 17 heavy (non-hydrogen) atoms. The Balaban J connectivity index is 2.36. The molecule has 1 saturated heterocycles. The molecule has 0 radical (unpaired) electrons. The molecule has 0 aromatic heterocycles. The maximum atomic E-state index is 11.5. The summed E-state index contributed by atoms with van der Waals surface area (Å²) in [5.74, 6) is -1.11. The number of rotatable bonds is 1. The molecule has 1 amide bonds. The predicted octanol–water partition coefficient (Wildman–Crippen LogP) is -2.51. The van der Waals surface area contributed by atoms with E-state index in [2.05, 4.69) is 10.3 Å². The highest BCUT2D eigenvalue weighted by Gasteiger charge is 2.42. The fourth-order valence-electron chi connectivity index (χ4n) is 1.60. The molecule has 2 heterocycles. The van der Waals surface area contributed by atoms with Crippen molar-refractivity contribution < 1.29 is 24.9 Å². The van der Waals surface area contributed by atoms with Crippen LogP contribution in [0.15, 0.2) is 16.3 Å². The summed E-state index contributed by atoms with van der Waals surface area (Å²) in [5.41, 5.74) is -0.0662. The molecular weight excluding hydrogens is 230 g/mol. The van der Waals surface area contributed by atoms with Crippen LogP contribution in [0.3, 0.4) is 0 Å². The van der Waals surface area contributed by atoms with Crippen LogP contribution < -0.4 is 5.32 Å². The number of nitrogens with one attached hydrogen (secondary N) is 2. The molecule has 2 aliphatic rings. The fourth-order valence-corrected chi connectivity index (χ4v) is 1.60. The Morgan fingerprint density at radius 3 is 2.76 bits per heavy atom. The van der Waals surface area contributed by atoms with Crippen LogP contribution in [0.25, 0.3) is 0 Å². The van der Waals surface area contributed by atoms with Gasteiger partial charge in [-0.05, 0) is 0 Å². The van der Waals surface area contributed by atoms with Crippen LogP contribution in [0, 0.1) is 5.41 Å². The molecule has 2 rings (SSSR count). The number of nitrogens with zero attached hydrogens (tertiary/aromatic N) is 1. The SMILES string of the molecule is N=C1N=CC(=C2OC(CO)C(O)C2O)C(=O)N1. The van der Waals surface area contributed by atoms with Gasteiger partial charge in [-0.25, -0.2) is 4.99 Å². The van der Waals surface area contributed by atoms with E-state index in [0.717, 1.165) is 6.21 Å². The van der Waals surface area contributed by atoms with Crippen molar-refractivity contribution in [2.24, 2.45) is 4.99 Å². The van der Waals surface area contributed by atoms with E-state index >= 15 is 0 Å². The molecule has 3 atom stereocenters. The normalized spacial score (nSPS) is 37.0. The maximum Gasteiger partial charge on any atom is 0.263 e. The Kier molecular flexibility index (Phi) is 2.92. The largest absolute Gasteiger partial charge is 0.486 e. The molecule has 8 nitrogen and oxygen atoms in total. The topological polar surface area (TPSA) is 135 Å². The Hall–Kier alpha value is -1.77. The molecule has 1 fully saturated rings. The zero-order chi connectivity index (χ0) is 12.6. The molecule has 0 aromatic carbocycles. The number of hydrogen-bond donors (Lipinski definition) is 5. The van der Waals surface area contributed by atoms with Crippen LogP contribution in [-0.4, -0.2) is 58.3 Å². The third kappa shape index (κ3) is 1.93. The van der Waals surface area contributed by atoms with Crippen LogP contribution in [0.1, 0.15) is 0 Å². The number of hydrogen-bond acceptors (Lipinski definition) is 6. The Labute approximate surface area is 95.7 Å². The molecule has 0 aliphatic carbocycles. The molecule has 92 valence electrons. The number of aliphatic imine (C=N–C) groups is 1. The van der Waals surface area contributed by atoms with Crippen molar-refractivity contribution in [3.8, 4) is 0 Å². The molecule has 0 saturated carbocycles. The number of carbonyl (C=O) groups excluding carboxylic acids is 1. The minimum absolute atomic E-state index is 0.0662. The molecule has 0 bridgehead atoms. The lowest BCUT2D eigenvalue weighted by Crippen LogP contribution is -2.36. The van der Waals surface area contributed by atoms with Gasteiger partial charge in [0.1, 0.15) is 18.0 Å². The standard InChI is InChI=1S/C9H11N3O5/c10-9-11-1-3(8(16)12-9)7-6(15)5(14)4(2-13)17-7/h1,4-6,13-15H,2H2,(H2,10,12,16). The summed E-state index contributed by atoms with van der Waals surface area (Å²) in [5, 5.41) is 37.3. The van der Waals surface area contributed by atoms with E-state index in [-0.39, 0.29) is 17.3 Å². The summed E-state index contributed by atoms with van der Waals surface area (Å²) in [4.78, 5) is 15.1. The summed E-state index contributed by atoms with van der Waals surface area (Å²) < 4.78 is 5.09. The Morgan fingerprint density at radius 2 is 2.24 bits per heavy atom. The molecule has 3 unspecified atom stereocenters. The van der Waals surface area contributed by atoms with Crippen molar-refractivity contribution in [1.82, 2.24) is 5.32 Å². The van der Waals surface area contributed by atoms with Gasteiger partial charge >= 0.3 is 0 Å². The molecule has 5 N–H and O–H groups in total. The second kappa shape index (κ2) is 4.24. The summed E-state index contributed by atoms with van der Waals surface area (Å²) in [6.45, 7) is -0.483. The minimum atomic E-state index is -1.40. The van der Waals surface area contributed by atoms with Gasteiger partial charge in [0.15, 0.2) is 6.10 Å². The van der Waals surface area contributed by atoms with E-state index in [0.29, 0.717) is 0 Å². The van der Waals surface area contributed by atoms with E-state index in [9.17, 15) is 15.0 Å². The highest BCUT2D eigenvalue weighted by Crippen LogP contribution is 2.27. The van der Waals surface area contributed by atoms with Crippen molar-refractivity contribution in [2.75, 3.05) is 6.61 Å². The van der Waals surface area contributed by atoms with Gasteiger partial charge in [0.05, 0.1) is 12.2 Å². The van der Waals surface area contributed by atoms with Crippen molar-refractivity contribution in [1.29, 1.82) is 5.41 Å². The van der Waals surface area contributed by atoms with Gasteiger partial charge < -0.3 is 20.1 Å². The Bertz CT molecular complexity index is 430. The van der Waals surface area contributed by atoms with E-state index in [1.54, 1.807) is 0 Å². The van der Waals surface area contributed by atoms with Gasteiger partial charge in [-0.15, -0.1) is 0 Å². The number of guanidine groups is 1. The average Bonchev–Trinajstić information content (AvgIpc) is 2.57. The van der Waals surface area contributed by atoms with Crippen molar-refractivity contribution in [2.45, 2.75) is 18.3 Å². The van der Waals surface area contributed by atoms with Gasteiger partial charge in [0.2, 0.25) is 5.96 Å². The summed E-state index contributed by atoms with van der Waals surface area (Å²) in [6.07, 6.45) is -2.60. The first kappa shape index (κ1) is 11.7. The second-order valence-corrected chi connectivity index (χ2v) is 3.61. The number of amides is 1. The van der Waals surface area contributed by atoms with E-state index in [4.69, 9.17) is 15.3 Å². The number of carbonyl (C=O) groups is 1. The highest BCUT2D eigenvalue weighted by atomic mass is 16.5. The third-order valence-electron chi connectivity index (χ3n) is 2.50. The summed E-state index contributed by atoms with van der Waals surface area (Å²) in [6, 6.07) is 0. The van der Waals surface area contributed by atoms with Crippen molar-refractivity contribution >= 4 is 18.1 Å². The monoisotopic (exact) mass is 241 g/mol. The number of ether oxygens (including phenoxy) is 1. The lowest BCUT2D eigenvalue weighted by molar-refractivity contribution is -0.116. The first-order valence-corrected chi connectivity index (χ1v) is 4.86. The third-order valence-corrected chi connectivity index (χ3v) is 2.50. The van der Waals surface area contributed by atoms with Crippen LogP contribution in [-0.2, 0) is 9.53 Å².